The first-order valence-corrected chi connectivity index (χ1v) is 7.60. The van der Waals surface area contributed by atoms with Gasteiger partial charge in [0.05, 0.1) is 6.26 Å². The summed E-state index contributed by atoms with van der Waals surface area (Å²) in [6, 6.07) is 15.8. The summed E-state index contributed by atoms with van der Waals surface area (Å²) in [4.78, 5) is 0. The molecule has 0 bridgehead atoms. The molecule has 0 saturated heterocycles. The summed E-state index contributed by atoms with van der Waals surface area (Å²) in [6.45, 7) is 4.51. The van der Waals surface area contributed by atoms with E-state index < -0.39 is 0 Å². The van der Waals surface area contributed by atoms with Gasteiger partial charge in [-0.15, -0.1) is 0 Å². The molecular formula is C18H25NO. The number of aryl methyl sites for hydroxylation is 1. The molecule has 1 heterocycles. The normalized spacial score (nSPS) is 14.1. The van der Waals surface area contributed by atoms with Gasteiger partial charge < -0.3 is 9.73 Å². The highest BCUT2D eigenvalue weighted by Gasteiger charge is 2.11. The predicted molar refractivity (Wildman–Crippen MR) is 83.9 cm³/mol. The van der Waals surface area contributed by atoms with E-state index in [1.54, 1.807) is 6.26 Å². The van der Waals surface area contributed by atoms with Gasteiger partial charge in [-0.1, -0.05) is 37.3 Å². The van der Waals surface area contributed by atoms with Crippen LogP contribution in [0.5, 0.6) is 0 Å². The van der Waals surface area contributed by atoms with Crippen LogP contribution in [0.2, 0.25) is 0 Å². The number of rotatable bonds is 8. The van der Waals surface area contributed by atoms with Gasteiger partial charge in [-0.05, 0) is 43.9 Å². The molecule has 0 radical (unpaired) electrons. The minimum absolute atomic E-state index is 0.508. The Balaban J connectivity index is 1.77. The highest BCUT2D eigenvalue weighted by Crippen LogP contribution is 2.09. The number of hydrogen-bond donors (Lipinski definition) is 1. The molecule has 1 aromatic carbocycles. The molecule has 2 rings (SSSR count). The number of nitrogens with one attached hydrogen (secondary N) is 1. The van der Waals surface area contributed by atoms with Gasteiger partial charge in [0.1, 0.15) is 5.76 Å². The first-order chi connectivity index (χ1) is 9.78. The number of benzene rings is 1. The van der Waals surface area contributed by atoms with E-state index in [1.807, 2.05) is 12.1 Å². The van der Waals surface area contributed by atoms with E-state index in [4.69, 9.17) is 4.42 Å². The van der Waals surface area contributed by atoms with Gasteiger partial charge in [0.2, 0.25) is 0 Å². The van der Waals surface area contributed by atoms with E-state index >= 15 is 0 Å². The topological polar surface area (TPSA) is 25.2 Å². The lowest BCUT2D eigenvalue weighted by molar-refractivity contribution is 0.401. The van der Waals surface area contributed by atoms with E-state index in [9.17, 15) is 0 Å². The van der Waals surface area contributed by atoms with Crippen LogP contribution >= 0.6 is 0 Å². The maximum absolute atomic E-state index is 5.38. The van der Waals surface area contributed by atoms with Gasteiger partial charge in [-0.2, -0.15) is 0 Å². The fraction of sp³-hybridized carbons (Fsp3) is 0.444. The molecule has 0 spiro atoms. The van der Waals surface area contributed by atoms with Crippen molar-refractivity contribution >= 4 is 0 Å². The SMILES string of the molecule is CCC(Cc1ccccc1)NC(C)CCc1ccco1. The summed E-state index contributed by atoms with van der Waals surface area (Å²) in [5.41, 5.74) is 1.41. The molecule has 0 aliphatic heterocycles. The zero-order valence-electron chi connectivity index (χ0n) is 12.5. The van der Waals surface area contributed by atoms with Crippen LogP contribution in [0.1, 0.15) is 38.0 Å². The van der Waals surface area contributed by atoms with Crippen LogP contribution in [0.4, 0.5) is 0 Å². The highest BCUT2D eigenvalue weighted by atomic mass is 16.3. The van der Waals surface area contributed by atoms with E-state index in [-0.39, 0.29) is 0 Å². The van der Waals surface area contributed by atoms with Gasteiger partial charge in [0.15, 0.2) is 0 Å². The second kappa shape index (κ2) is 7.91. The monoisotopic (exact) mass is 271 g/mol. The molecule has 2 unspecified atom stereocenters. The fourth-order valence-electron chi connectivity index (χ4n) is 2.52. The zero-order chi connectivity index (χ0) is 14.2. The summed E-state index contributed by atoms with van der Waals surface area (Å²) in [5, 5.41) is 3.74. The van der Waals surface area contributed by atoms with Crippen LogP contribution in [-0.2, 0) is 12.8 Å². The van der Waals surface area contributed by atoms with Crippen molar-refractivity contribution in [1.82, 2.24) is 5.32 Å². The lowest BCUT2D eigenvalue weighted by atomic mass is 10.0. The van der Waals surface area contributed by atoms with Crippen LogP contribution < -0.4 is 5.32 Å². The average Bonchev–Trinajstić information content (AvgIpc) is 2.99. The van der Waals surface area contributed by atoms with Crippen molar-refractivity contribution in [1.29, 1.82) is 0 Å². The Morgan fingerprint density at radius 1 is 1.10 bits per heavy atom. The fourth-order valence-corrected chi connectivity index (χ4v) is 2.52. The molecule has 2 atom stereocenters. The lowest BCUT2D eigenvalue weighted by Crippen LogP contribution is -2.37. The molecule has 1 N–H and O–H groups in total. The Morgan fingerprint density at radius 3 is 2.55 bits per heavy atom. The van der Waals surface area contributed by atoms with Crippen LogP contribution in [0.15, 0.2) is 53.1 Å². The van der Waals surface area contributed by atoms with Gasteiger partial charge in [0.25, 0.3) is 0 Å². The van der Waals surface area contributed by atoms with Crippen molar-refractivity contribution in [3.63, 3.8) is 0 Å². The molecule has 0 aliphatic rings. The first-order valence-electron chi connectivity index (χ1n) is 7.60. The molecular weight excluding hydrogens is 246 g/mol. The number of furan rings is 1. The molecule has 0 amide bonds. The third-order valence-corrected chi connectivity index (χ3v) is 3.74. The van der Waals surface area contributed by atoms with Crippen LogP contribution in [0.25, 0.3) is 0 Å². The van der Waals surface area contributed by atoms with Crippen LogP contribution in [-0.4, -0.2) is 12.1 Å². The standard InChI is InChI=1S/C18H25NO/c1-3-17(14-16-8-5-4-6-9-16)19-15(2)11-12-18-10-7-13-20-18/h4-10,13,15,17,19H,3,11-12,14H2,1-2H3. The zero-order valence-corrected chi connectivity index (χ0v) is 12.5. The molecule has 2 aromatic rings. The Hall–Kier alpha value is -1.54. The largest absolute Gasteiger partial charge is 0.469 e. The third-order valence-electron chi connectivity index (χ3n) is 3.74. The minimum Gasteiger partial charge on any atom is -0.469 e. The third kappa shape index (κ3) is 4.86. The molecule has 20 heavy (non-hydrogen) atoms. The Kier molecular flexibility index (Phi) is 5.87. The quantitative estimate of drug-likeness (QED) is 0.778. The van der Waals surface area contributed by atoms with Crippen molar-refractivity contribution in [2.45, 2.75) is 51.6 Å². The van der Waals surface area contributed by atoms with E-state index in [0.717, 1.165) is 31.4 Å². The van der Waals surface area contributed by atoms with Crippen molar-refractivity contribution in [3.05, 3.63) is 60.1 Å². The first kappa shape index (κ1) is 14.9. The van der Waals surface area contributed by atoms with Crippen molar-refractivity contribution < 1.29 is 4.42 Å². The van der Waals surface area contributed by atoms with Crippen LogP contribution in [0.3, 0.4) is 0 Å². The minimum atomic E-state index is 0.508. The summed E-state index contributed by atoms with van der Waals surface area (Å²) >= 11 is 0. The summed E-state index contributed by atoms with van der Waals surface area (Å²) < 4.78 is 5.38. The van der Waals surface area contributed by atoms with Crippen molar-refractivity contribution in [2.75, 3.05) is 0 Å². The summed E-state index contributed by atoms with van der Waals surface area (Å²) in [5.74, 6) is 1.08. The molecule has 1 aromatic heterocycles. The number of hydrogen-bond acceptors (Lipinski definition) is 2. The molecule has 2 heteroatoms. The van der Waals surface area contributed by atoms with Gasteiger partial charge in [-0.3, -0.25) is 0 Å². The summed E-state index contributed by atoms with van der Waals surface area (Å²) in [7, 11) is 0. The molecule has 0 aliphatic carbocycles. The lowest BCUT2D eigenvalue weighted by Gasteiger charge is -2.22. The molecule has 108 valence electrons. The second-order valence-electron chi connectivity index (χ2n) is 5.48. The van der Waals surface area contributed by atoms with Gasteiger partial charge >= 0.3 is 0 Å². The summed E-state index contributed by atoms with van der Waals surface area (Å²) in [6.07, 6.45) is 6.11. The van der Waals surface area contributed by atoms with Gasteiger partial charge in [0, 0.05) is 18.5 Å². The van der Waals surface area contributed by atoms with E-state index in [0.29, 0.717) is 12.1 Å². The Labute approximate surface area is 122 Å². The molecule has 0 saturated carbocycles. The van der Waals surface area contributed by atoms with Gasteiger partial charge in [-0.25, -0.2) is 0 Å². The Morgan fingerprint density at radius 2 is 1.90 bits per heavy atom. The maximum atomic E-state index is 5.38. The smallest absolute Gasteiger partial charge is 0.103 e. The van der Waals surface area contributed by atoms with Crippen LogP contribution in [0, 0.1) is 0 Å². The maximum Gasteiger partial charge on any atom is 0.103 e. The second-order valence-corrected chi connectivity index (χ2v) is 5.48. The van der Waals surface area contributed by atoms with Crippen molar-refractivity contribution in [2.24, 2.45) is 0 Å². The van der Waals surface area contributed by atoms with Crippen molar-refractivity contribution in [3.8, 4) is 0 Å². The predicted octanol–water partition coefficient (Wildman–Crippen LogP) is 4.21. The van der Waals surface area contributed by atoms with E-state index in [1.165, 1.54) is 5.56 Å². The Bertz CT molecular complexity index is 463. The molecule has 2 nitrogen and oxygen atoms in total. The average molecular weight is 271 g/mol. The molecule has 0 fully saturated rings. The van der Waals surface area contributed by atoms with E-state index in [2.05, 4.69) is 49.5 Å². The highest BCUT2D eigenvalue weighted by molar-refractivity contribution is 5.15.